The lowest BCUT2D eigenvalue weighted by Crippen LogP contribution is -2.17. The Labute approximate surface area is 140 Å². The third kappa shape index (κ3) is 3.58. The highest BCUT2D eigenvalue weighted by molar-refractivity contribution is 5.95. The number of pyridine rings is 1. The van der Waals surface area contributed by atoms with Gasteiger partial charge in [0.25, 0.3) is 5.91 Å². The molecule has 0 saturated heterocycles. The number of hydrogen-bond acceptors (Lipinski definition) is 7. The van der Waals surface area contributed by atoms with Crippen LogP contribution in [0.4, 0.5) is 5.88 Å². The number of nitrogens with zero attached hydrogens (tertiary/aromatic N) is 5. The van der Waals surface area contributed by atoms with Gasteiger partial charge in [0, 0.05) is 31.2 Å². The molecule has 25 heavy (non-hydrogen) atoms. The van der Waals surface area contributed by atoms with Crippen molar-refractivity contribution < 1.29 is 14.1 Å². The second-order valence-corrected chi connectivity index (χ2v) is 4.94. The molecule has 3 aromatic rings. The standard InChI is InChI=1S/C15H12N6O4/c1-20-9-11(8-17-18-15(22)10-3-2-6-16-7-10)14(19-20)12-4-5-13(25-12)21(23)24/h2-9H,1H3,(H,18,22). The average Bonchev–Trinajstić information content (AvgIpc) is 3.22. The molecule has 10 nitrogen and oxygen atoms in total. The fraction of sp³-hybridized carbons (Fsp3) is 0.0667. The van der Waals surface area contributed by atoms with Crippen molar-refractivity contribution in [3.05, 3.63) is 64.1 Å². The van der Waals surface area contributed by atoms with Crippen LogP contribution in [0.25, 0.3) is 11.5 Å². The Bertz CT molecular complexity index is 944. The first-order chi connectivity index (χ1) is 12.0. The highest BCUT2D eigenvalue weighted by Crippen LogP contribution is 2.26. The van der Waals surface area contributed by atoms with E-state index in [9.17, 15) is 14.9 Å². The minimum atomic E-state index is -0.631. The minimum Gasteiger partial charge on any atom is -0.399 e. The second-order valence-electron chi connectivity index (χ2n) is 4.94. The smallest absolute Gasteiger partial charge is 0.399 e. The van der Waals surface area contributed by atoms with E-state index < -0.39 is 10.8 Å². The first-order valence-electron chi connectivity index (χ1n) is 7.06. The summed E-state index contributed by atoms with van der Waals surface area (Å²) in [7, 11) is 1.69. The summed E-state index contributed by atoms with van der Waals surface area (Å²) < 4.78 is 6.66. The van der Waals surface area contributed by atoms with Crippen LogP contribution >= 0.6 is 0 Å². The van der Waals surface area contributed by atoms with Gasteiger partial charge in [-0.05, 0) is 18.2 Å². The normalized spacial score (nSPS) is 10.9. The van der Waals surface area contributed by atoms with Crippen molar-refractivity contribution in [2.24, 2.45) is 12.1 Å². The Morgan fingerprint density at radius 1 is 1.44 bits per heavy atom. The Hall–Kier alpha value is -3.82. The highest BCUT2D eigenvalue weighted by Gasteiger charge is 2.17. The van der Waals surface area contributed by atoms with Gasteiger partial charge >= 0.3 is 5.88 Å². The van der Waals surface area contributed by atoms with Crippen LogP contribution in [0.2, 0.25) is 0 Å². The molecule has 1 amide bonds. The number of carbonyl (C=O) groups excluding carboxylic acids is 1. The van der Waals surface area contributed by atoms with Crippen molar-refractivity contribution >= 4 is 18.0 Å². The van der Waals surface area contributed by atoms with Crippen LogP contribution in [0.5, 0.6) is 0 Å². The molecule has 1 N–H and O–H groups in total. The van der Waals surface area contributed by atoms with Gasteiger partial charge in [-0.1, -0.05) is 0 Å². The van der Waals surface area contributed by atoms with Crippen LogP contribution in [0.1, 0.15) is 15.9 Å². The fourth-order valence-electron chi connectivity index (χ4n) is 2.07. The molecule has 3 aromatic heterocycles. The van der Waals surface area contributed by atoms with Crippen LogP contribution < -0.4 is 5.43 Å². The van der Waals surface area contributed by atoms with Gasteiger partial charge in [0.1, 0.15) is 10.6 Å². The zero-order valence-corrected chi connectivity index (χ0v) is 13.0. The summed E-state index contributed by atoms with van der Waals surface area (Å²) in [4.78, 5) is 25.8. The van der Waals surface area contributed by atoms with Crippen LogP contribution in [-0.2, 0) is 7.05 Å². The number of nitrogens with one attached hydrogen (secondary N) is 1. The molecule has 0 unspecified atom stereocenters. The van der Waals surface area contributed by atoms with Crippen molar-refractivity contribution in [3.63, 3.8) is 0 Å². The van der Waals surface area contributed by atoms with Crippen LogP contribution in [0.3, 0.4) is 0 Å². The monoisotopic (exact) mass is 340 g/mol. The number of nitro groups is 1. The van der Waals surface area contributed by atoms with Gasteiger partial charge in [0.15, 0.2) is 5.76 Å². The molecule has 126 valence electrons. The largest absolute Gasteiger partial charge is 0.433 e. The molecular weight excluding hydrogens is 328 g/mol. The van der Waals surface area contributed by atoms with Gasteiger partial charge in [-0.3, -0.25) is 24.6 Å². The van der Waals surface area contributed by atoms with Crippen molar-refractivity contribution in [2.45, 2.75) is 0 Å². The molecule has 0 aliphatic rings. The fourth-order valence-corrected chi connectivity index (χ4v) is 2.07. The number of aryl methyl sites for hydroxylation is 1. The molecule has 0 spiro atoms. The number of carbonyl (C=O) groups is 1. The van der Waals surface area contributed by atoms with E-state index in [1.807, 2.05) is 0 Å². The van der Waals surface area contributed by atoms with Gasteiger partial charge in [-0.2, -0.15) is 10.2 Å². The average molecular weight is 340 g/mol. The lowest BCUT2D eigenvalue weighted by atomic mass is 10.2. The summed E-state index contributed by atoms with van der Waals surface area (Å²) in [6, 6.07) is 5.94. The summed E-state index contributed by atoms with van der Waals surface area (Å²) >= 11 is 0. The van der Waals surface area contributed by atoms with E-state index in [4.69, 9.17) is 4.42 Å². The molecule has 0 aliphatic heterocycles. The van der Waals surface area contributed by atoms with E-state index in [1.54, 1.807) is 31.6 Å². The molecular formula is C15H12N6O4. The lowest BCUT2D eigenvalue weighted by molar-refractivity contribution is -0.401. The Balaban J connectivity index is 1.78. The summed E-state index contributed by atoms with van der Waals surface area (Å²) in [6.45, 7) is 0. The number of hydrazone groups is 1. The topological polar surface area (TPSA) is 128 Å². The van der Waals surface area contributed by atoms with Crippen LogP contribution in [-0.4, -0.2) is 31.8 Å². The first kappa shape index (κ1) is 16.1. The third-order valence-electron chi connectivity index (χ3n) is 3.16. The van der Waals surface area contributed by atoms with Gasteiger partial charge in [-0.25, -0.2) is 5.43 Å². The molecule has 10 heteroatoms. The lowest BCUT2D eigenvalue weighted by Gasteiger charge is -1.98. The molecule has 0 atom stereocenters. The number of aromatic nitrogens is 3. The molecule has 0 aromatic carbocycles. The van der Waals surface area contributed by atoms with Crippen LogP contribution in [0.15, 0.2) is 52.4 Å². The summed E-state index contributed by atoms with van der Waals surface area (Å²) in [5, 5.41) is 18.8. The van der Waals surface area contributed by atoms with E-state index in [-0.39, 0.29) is 11.6 Å². The van der Waals surface area contributed by atoms with Crippen molar-refractivity contribution in [1.29, 1.82) is 0 Å². The van der Waals surface area contributed by atoms with E-state index in [0.29, 0.717) is 16.8 Å². The van der Waals surface area contributed by atoms with Gasteiger partial charge < -0.3 is 4.42 Å². The molecule has 0 bridgehead atoms. The van der Waals surface area contributed by atoms with Crippen molar-refractivity contribution in [1.82, 2.24) is 20.2 Å². The predicted molar refractivity (Wildman–Crippen MR) is 86.9 cm³/mol. The second kappa shape index (κ2) is 6.74. The van der Waals surface area contributed by atoms with Gasteiger partial charge in [-0.15, -0.1) is 0 Å². The number of rotatable bonds is 5. The Kier molecular flexibility index (Phi) is 4.33. The van der Waals surface area contributed by atoms with Crippen molar-refractivity contribution in [2.75, 3.05) is 0 Å². The zero-order chi connectivity index (χ0) is 17.8. The van der Waals surface area contributed by atoms with Crippen molar-refractivity contribution in [3.8, 4) is 11.5 Å². The summed E-state index contributed by atoms with van der Waals surface area (Å²) in [5.41, 5.74) is 3.64. The molecule has 3 heterocycles. The number of hydrogen-bond donors (Lipinski definition) is 1. The number of furan rings is 1. The first-order valence-corrected chi connectivity index (χ1v) is 7.06. The van der Waals surface area contributed by atoms with Crippen LogP contribution in [0, 0.1) is 10.1 Å². The third-order valence-corrected chi connectivity index (χ3v) is 3.16. The zero-order valence-electron chi connectivity index (χ0n) is 13.0. The van der Waals surface area contributed by atoms with E-state index in [2.05, 4.69) is 20.6 Å². The highest BCUT2D eigenvalue weighted by atomic mass is 16.6. The maximum Gasteiger partial charge on any atom is 0.433 e. The quantitative estimate of drug-likeness (QED) is 0.428. The maximum absolute atomic E-state index is 11.9. The molecule has 3 rings (SSSR count). The summed E-state index contributed by atoms with van der Waals surface area (Å²) in [6.07, 6.45) is 6.00. The minimum absolute atomic E-state index is 0.229. The maximum atomic E-state index is 11.9. The Morgan fingerprint density at radius 2 is 2.28 bits per heavy atom. The van der Waals surface area contributed by atoms with E-state index in [1.165, 1.54) is 29.2 Å². The predicted octanol–water partition coefficient (Wildman–Crippen LogP) is 1.75. The molecule has 0 saturated carbocycles. The van der Waals surface area contributed by atoms with Gasteiger partial charge in [0.2, 0.25) is 0 Å². The Morgan fingerprint density at radius 3 is 2.96 bits per heavy atom. The SMILES string of the molecule is Cn1cc(C=NNC(=O)c2cccnc2)c(-c2ccc([N+](=O)[O-])o2)n1. The van der Waals surface area contributed by atoms with E-state index >= 15 is 0 Å². The molecule has 0 radical (unpaired) electrons. The van der Waals surface area contributed by atoms with Gasteiger partial charge in [0.05, 0.1) is 17.8 Å². The molecule has 0 fully saturated rings. The molecule has 0 aliphatic carbocycles. The number of amides is 1. The summed E-state index contributed by atoms with van der Waals surface area (Å²) in [5.74, 6) is -0.566. The van der Waals surface area contributed by atoms with E-state index in [0.717, 1.165) is 0 Å².